The minimum atomic E-state index is -0.723. The van der Waals surface area contributed by atoms with Gasteiger partial charge in [-0.3, -0.25) is 4.79 Å². The van der Waals surface area contributed by atoms with Gasteiger partial charge in [0.05, 0.1) is 40.2 Å². The number of carboxylic acids is 1. The highest BCUT2D eigenvalue weighted by molar-refractivity contribution is 5.81. The van der Waals surface area contributed by atoms with Gasteiger partial charge in [-0.25, -0.2) is 4.79 Å². The van der Waals surface area contributed by atoms with Crippen LogP contribution in [0.5, 0.6) is 0 Å². The van der Waals surface area contributed by atoms with Gasteiger partial charge in [0.25, 0.3) is 0 Å². The largest absolute Gasteiger partial charge is 0.481 e. The van der Waals surface area contributed by atoms with Crippen molar-refractivity contribution in [3.63, 3.8) is 0 Å². The summed E-state index contributed by atoms with van der Waals surface area (Å²) in [6, 6.07) is 0. The van der Waals surface area contributed by atoms with Crippen LogP contribution in [0, 0.1) is 0 Å². The van der Waals surface area contributed by atoms with Crippen LogP contribution in [0.25, 0.3) is 0 Å². The Hall–Kier alpha value is -1.36. The predicted molar refractivity (Wildman–Crippen MR) is 78.3 cm³/mol. The second kappa shape index (κ2) is 10.4. The molecule has 0 unspecified atom stereocenters. The van der Waals surface area contributed by atoms with Gasteiger partial charge < -0.3 is 14.3 Å². The normalized spacial score (nSPS) is 11.1. The fraction of sp³-hybridized carbons (Fsp3) is 0.733. The maximum Gasteiger partial charge on any atom is 0.330 e. The van der Waals surface area contributed by atoms with Crippen molar-refractivity contribution in [2.75, 3.05) is 33.8 Å². The summed E-state index contributed by atoms with van der Waals surface area (Å²) >= 11 is 0. The summed E-state index contributed by atoms with van der Waals surface area (Å²) in [6.45, 7) is 5.74. The van der Waals surface area contributed by atoms with E-state index in [0.717, 1.165) is 49.7 Å². The molecule has 0 aromatic carbocycles. The van der Waals surface area contributed by atoms with E-state index in [2.05, 4.69) is 20.7 Å². The predicted octanol–water partition coefficient (Wildman–Crippen LogP) is 2.22. The Morgan fingerprint density at radius 3 is 2.30 bits per heavy atom. The number of rotatable bonds is 12. The van der Waals surface area contributed by atoms with Gasteiger partial charge in [0.1, 0.15) is 0 Å². The topological polar surface area (TPSA) is 63.6 Å². The molecule has 0 rings (SSSR count). The quantitative estimate of drug-likeness (QED) is 0.258. The Bertz CT molecular complexity index is 313. The van der Waals surface area contributed by atoms with Gasteiger partial charge in [0, 0.05) is 12.5 Å². The van der Waals surface area contributed by atoms with Crippen LogP contribution in [0.1, 0.15) is 38.5 Å². The van der Waals surface area contributed by atoms with E-state index in [4.69, 9.17) is 9.84 Å². The number of quaternary nitrogens is 1. The molecule has 0 amide bonds. The molecule has 0 bridgehead atoms. The van der Waals surface area contributed by atoms with Crippen LogP contribution in [0.15, 0.2) is 12.7 Å². The third-order valence-electron chi connectivity index (χ3n) is 3.22. The highest BCUT2D eigenvalue weighted by atomic mass is 16.5. The molecule has 0 aliphatic rings. The highest BCUT2D eigenvalue weighted by Crippen LogP contribution is 2.07. The summed E-state index contributed by atoms with van der Waals surface area (Å²) in [4.78, 5) is 21.3. The SMILES string of the molecule is C=CC(=O)OCCCCCC[N+](C)(C)CCCC(=O)O. The van der Waals surface area contributed by atoms with E-state index in [1.54, 1.807) is 0 Å². The van der Waals surface area contributed by atoms with Crippen LogP contribution in [0.2, 0.25) is 0 Å². The Morgan fingerprint density at radius 1 is 1.10 bits per heavy atom. The van der Waals surface area contributed by atoms with E-state index in [-0.39, 0.29) is 12.4 Å². The maximum absolute atomic E-state index is 10.8. The number of carbonyl (C=O) groups is 2. The first-order valence-corrected chi connectivity index (χ1v) is 7.20. The molecule has 0 fully saturated rings. The molecule has 5 heteroatoms. The molecule has 0 saturated carbocycles. The van der Waals surface area contributed by atoms with Gasteiger partial charge in [0.2, 0.25) is 0 Å². The first-order chi connectivity index (χ1) is 9.37. The summed E-state index contributed by atoms with van der Waals surface area (Å²) in [5.74, 6) is -1.08. The van der Waals surface area contributed by atoms with Crippen molar-refractivity contribution in [1.29, 1.82) is 0 Å². The number of hydrogen-bond donors (Lipinski definition) is 1. The monoisotopic (exact) mass is 286 g/mol. The highest BCUT2D eigenvalue weighted by Gasteiger charge is 2.14. The second-order valence-corrected chi connectivity index (χ2v) is 5.67. The van der Waals surface area contributed by atoms with Crippen molar-refractivity contribution in [1.82, 2.24) is 0 Å². The number of hydrogen-bond acceptors (Lipinski definition) is 3. The number of nitrogens with zero attached hydrogens (tertiary/aromatic N) is 1. The Balaban J connectivity index is 3.50. The zero-order valence-corrected chi connectivity index (χ0v) is 12.8. The summed E-state index contributed by atoms with van der Waals surface area (Å²) < 4.78 is 5.76. The third kappa shape index (κ3) is 11.7. The number of esters is 1. The molecule has 20 heavy (non-hydrogen) atoms. The molecule has 0 spiro atoms. The van der Waals surface area contributed by atoms with Gasteiger partial charge in [0.15, 0.2) is 0 Å². The van der Waals surface area contributed by atoms with E-state index in [9.17, 15) is 9.59 Å². The summed E-state index contributed by atoms with van der Waals surface area (Å²) in [5.41, 5.74) is 0. The first kappa shape index (κ1) is 18.6. The molecule has 0 heterocycles. The lowest BCUT2D eigenvalue weighted by Crippen LogP contribution is -2.41. The zero-order chi connectivity index (χ0) is 15.4. The van der Waals surface area contributed by atoms with E-state index in [0.29, 0.717) is 6.61 Å². The van der Waals surface area contributed by atoms with E-state index < -0.39 is 5.97 Å². The average Bonchev–Trinajstić information content (AvgIpc) is 2.36. The van der Waals surface area contributed by atoms with Crippen molar-refractivity contribution in [3.8, 4) is 0 Å². The molecular formula is C15H28NO4+. The molecule has 0 aliphatic heterocycles. The number of ether oxygens (including phenoxy) is 1. The van der Waals surface area contributed by atoms with E-state index in [1.807, 2.05) is 0 Å². The standard InChI is InChI=1S/C15H27NO4/c1-4-15(19)20-13-8-6-5-7-11-16(2,3)12-9-10-14(17)18/h4H,1,5-13H2,2-3H3/p+1. The second-order valence-electron chi connectivity index (χ2n) is 5.67. The third-order valence-corrected chi connectivity index (χ3v) is 3.22. The Labute approximate surface area is 121 Å². The molecule has 0 atom stereocenters. The fourth-order valence-corrected chi connectivity index (χ4v) is 2.00. The molecule has 5 nitrogen and oxygen atoms in total. The Kier molecular flexibility index (Phi) is 9.72. The van der Waals surface area contributed by atoms with Crippen LogP contribution in [0.4, 0.5) is 0 Å². The van der Waals surface area contributed by atoms with Gasteiger partial charge in [-0.2, -0.15) is 0 Å². The number of carbonyl (C=O) groups excluding carboxylic acids is 1. The lowest BCUT2D eigenvalue weighted by atomic mass is 10.1. The van der Waals surface area contributed by atoms with Gasteiger partial charge in [-0.1, -0.05) is 6.58 Å². The molecule has 116 valence electrons. The number of unbranched alkanes of at least 4 members (excludes halogenated alkanes) is 3. The molecule has 1 N–H and O–H groups in total. The van der Waals surface area contributed by atoms with Crippen LogP contribution >= 0.6 is 0 Å². The Morgan fingerprint density at radius 2 is 1.70 bits per heavy atom. The average molecular weight is 286 g/mol. The van der Waals surface area contributed by atoms with Crippen LogP contribution < -0.4 is 0 Å². The molecule has 0 aromatic heterocycles. The van der Waals surface area contributed by atoms with Crippen molar-refractivity contribution in [3.05, 3.63) is 12.7 Å². The van der Waals surface area contributed by atoms with Crippen molar-refractivity contribution in [2.24, 2.45) is 0 Å². The lowest BCUT2D eigenvalue weighted by molar-refractivity contribution is -0.890. The van der Waals surface area contributed by atoms with Crippen LogP contribution in [-0.2, 0) is 14.3 Å². The lowest BCUT2D eigenvalue weighted by Gasteiger charge is -2.29. The molecule has 0 aliphatic carbocycles. The summed E-state index contributed by atoms with van der Waals surface area (Å²) in [7, 11) is 4.27. The van der Waals surface area contributed by atoms with Crippen molar-refractivity contribution in [2.45, 2.75) is 38.5 Å². The number of aliphatic carboxylic acids is 1. The minimum absolute atomic E-state index is 0.246. The first-order valence-electron chi connectivity index (χ1n) is 7.20. The van der Waals surface area contributed by atoms with Crippen molar-refractivity contribution >= 4 is 11.9 Å². The molecular weight excluding hydrogens is 258 g/mol. The number of carboxylic acid groups (broad SMARTS) is 1. The van der Waals surface area contributed by atoms with E-state index in [1.165, 1.54) is 6.08 Å². The van der Waals surface area contributed by atoms with Crippen LogP contribution in [0.3, 0.4) is 0 Å². The van der Waals surface area contributed by atoms with E-state index >= 15 is 0 Å². The molecule has 0 radical (unpaired) electrons. The molecule has 0 saturated heterocycles. The minimum Gasteiger partial charge on any atom is -0.481 e. The summed E-state index contributed by atoms with van der Waals surface area (Å²) in [5, 5.41) is 8.61. The van der Waals surface area contributed by atoms with Gasteiger partial charge in [-0.15, -0.1) is 0 Å². The summed E-state index contributed by atoms with van der Waals surface area (Å²) in [6.07, 6.45) is 6.28. The molecule has 0 aromatic rings. The van der Waals surface area contributed by atoms with Crippen LogP contribution in [-0.4, -0.2) is 55.3 Å². The smallest absolute Gasteiger partial charge is 0.330 e. The zero-order valence-electron chi connectivity index (χ0n) is 12.8. The van der Waals surface area contributed by atoms with Crippen molar-refractivity contribution < 1.29 is 23.9 Å². The van der Waals surface area contributed by atoms with Gasteiger partial charge in [-0.05, 0) is 25.7 Å². The fourth-order valence-electron chi connectivity index (χ4n) is 2.00. The van der Waals surface area contributed by atoms with Gasteiger partial charge >= 0.3 is 11.9 Å². The maximum atomic E-state index is 10.8.